The number of nitrogens with zero attached hydrogens (tertiary/aromatic N) is 2. The summed E-state index contributed by atoms with van der Waals surface area (Å²) in [6.45, 7) is 6.01. The van der Waals surface area contributed by atoms with Gasteiger partial charge < -0.3 is 5.32 Å². The summed E-state index contributed by atoms with van der Waals surface area (Å²) in [4.78, 5) is 27.8. The zero-order valence-electron chi connectivity index (χ0n) is 18.6. The van der Waals surface area contributed by atoms with Crippen LogP contribution in [0.3, 0.4) is 0 Å². The zero-order chi connectivity index (χ0) is 22.9. The molecular weight excluding hydrogens is 418 g/mol. The van der Waals surface area contributed by atoms with Gasteiger partial charge in [0.1, 0.15) is 0 Å². The third-order valence-corrected chi connectivity index (χ3v) is 6.48. The van der Waals surface area contributed by atoms with Crippen molar-refractivity contribution in [3.05, 3.63) is 88.3 Å². The average molecular weight is 446 g/mol. The van der Waals surface area contributed by atoms with Crippen LogP contribution in [0.5, 0.6) is 0 Å². The molecule has 2 heterocycles. The highest BCUT2D eigenvalue weighted by molar-refractivity contribution is 7.80. The molecule has 1 N–H and O–H groups in total. The first kappa shape index (κ1) is 22.0. The van der Waals surface area contributed by atoms with Crippen LogP contribution in [-0.2, 0) is 17.6 Å². The molecule has 6 heteroatoms. The number of hydrogen-bond donors (Lipinski definition) is 1. The lowest BCUT2D eigenvalue weighted by molar-refractivity contribution is -0.125. The second-order valence-electron chi connectivity index (χ2n) is 8.69. The van der Waals surface area contributed by atoms with Crippen LogP contribution in [0.25, 0.3) is 0 Å². The maximum atomic E-state index is 13.8. The molecule has 0 saturated carbocycles. The van der Waals surface area contributed by atoms with Crippen molar-refractivity contribution in [3.8, 4) is 0 Å². The standard InChI is InChI=1S/C26H27N3O2S/c1-4-26(2,3)24(31)29-21-10-6-5-9-18(21)12-13-19-14-15-20(17-22(19)29)27-25(32)28-16-8-7-11-23(28)30/h5-11,14-17H,4,12-13H2,1-3H3,(H,27,32). The second kappa shape index (κ2) is 8.71. The van der Waals surface area contributed by atoms with E-state index in [1.165, 1.54) is 10.6 Å². The molecule has 32 heavy (non-hydrogen) atoms. The van der Waals surface area contributed by atoms with Crippen molar-refractivity contribution in [1.29, 1.82) is 0 Å². The van der Waals surface area contributed by atoms with Gasteiger partial charge in [0.15, 0.2) is 5.11 Å². The summed E-state index contributed by atoms with van der Waals surface area (Å²) >= 11 is 5.46. The summed E-state index contributed by atoms with van der Waals surface area (Å²) in [7, 11) is 0. The zero-order valence-corrected chi connectivity index (χ0v) is 19.4. The van der Waals surface area contributed by atoms with Gasteiger partial charge in [-0.25, -0.2) is 0 Å². The molecule has 0 unspecified atom stereocenters. The van der Waals surface area contributed by atoms with E-state index in [9.17, 15) is 9.59 Å². The molecule has 0 saturated heterocycles. The van der Waals surface area contributed by atoms with Crippen molar-refractivity contribution in [2.24, 2.45) is 5.41 Å². The highest BCUT2D eigenvalue weighted by Gasteiger charge is 2.35. The fourth-order valence-corrected chi connectivity index (χ4v) is 4.12. The molecule has 2 aromatic carbocycles. The summed E-state index contributed by atoms with van der Waals surface area (Å²) < 4.78 is 1.39. The third-order valence-electron chi connectivity index (χ3n) is 6.18. The Morgan fingerprint density at radius 1 is 1.00 bits per heavy atom. The molecule has 1 amide bonds. The maximum absolute atomic E-state index is 13.8. The first-order chi connectivity index (χ1) is 15.3. The molecule has 0 bridgehead atoms. The van der Waals surface area contributed by atoms with Gasteiger partial charge in [-0.05, 0) is 66.9 Å². The van der Waals surface area contributed by atoms with E-state index < -0.39 is 5.41 Å². The van der Waals surface area contributed by atoms with E-state index in [1.54, 1.807) is 18.3 Å². The molecular formula is C26H27N3O2S. The lowest BCUT2D eigenvalue weighted by Crippen LogP contribution is -2.38. The van der Waals surface area contributed by atoms with E-state index in [-0.39, 0.29) is 16.6 Å². The van der Waals surface area contributed by atoms with Crippen molar-refractivity contribution < 1.29 is 4.79 Å². The van der Waals surface area contributed by atoms with Crippen LogP contribution in [0.2, 0.25) is 0 Å². The minimum absolute atomic E-state index is 0.0644. The normalized spacial score (nSPS) is 13.0. The SMILES string of the molecule is CCC(C)(C)C(=O)N1c2ccccc2CCc2ccc(NC(=S)n3ccccc3=O)cc21. The second-order valence-corrected chi connectivity index (χ2v) is 9.08. The van der Waals surface area contributed by atoms with Crippen molar-refractivity contribution in [2.75, 3.05) is 10.2 Å². The van der Waals surface area contributed by atoms with Crippen molar-refractivity contribution in [2.45, 2.75) is 40.0 Å². The number of aromatic nitrogens is 1. The number of aryl methyl sites for hydroxylation is 2. The smallest absolute Gasteiger partial charge is 0.256 e. The molecule has 1 aromatic heterocycles. The predicted octanol–water partition coefficient (Wildman–Crippen LogP) is 5.29. The molecule has 0 fully saturated rings. The molecule has 164 valence electrons. The number of nitrogens with one attached hydrogen (secondary N) is 1. The predicted molar refractivity (Wildman–Crippen MR) is 134 cm³/mol. The van der Waals surface area contributed by atoms with Crippen molar-refractivity contribution in [3.63, 3.8) is 0 Å². The quantitative estimate of drug-likeness (QED) is 0.557. The Balaban J connectivity index is 1.79. The summed E-state index contributed by atoms with van der Waals surface area (Å²) in [6.07, 6.45) is 4.07. The molecule has 1 aliphatic rings. The Morgan fingerprint density at radius 2 is 1.69 bits per heavy atom. The van der Waals surface area contributed by atoms with Crippen LogP contribution in [0.4, 0.5) is 17.1 Å². The lowest BCUT2D eigenvalue weighted by atomic mass is 9.88. The molecule has 5 nitrogen and oxygen atoms in total. The average Bonchev–Trinajstić information content (AvgIpc) is 2.95. The van der Waals surface area contributed by atoms with E-state index >= 15 is 0 Å². The molecule has 1 aliphatic heterocycles. The van der Waals surface area contributed by atoms with Gasteiger partial charge in [0.05, 0.1) is 11.4 Å². The molecule has 4 rings (SSSR count). The van der Waals surface area contributed by atoms with E-state index in [0.29, 0.717) is 0 Å². The monoisotopic (exact) mass is 445 g/mol. The van der Waals surface area contributed by atoms with Gasteiger partial charge in [0.2, 0.25) is 5.91 Å². The highest BCUT2D eigenvalue weighted by atomic mass is 32.1. The van der Waals surface area contributed by atoms with Crippen LogP contribution in [0, 0.1) is 5.41 Å². The Bertz CT molecular complexity index is 1250. The summed E-state index contributed by atoms with van der Waals surface area (Å²) in [6, 6.07) is 19.0. The molecule has 0 radical (unpaired) electrons. The number of anilines is 3. The van der Waals surface area contributed by atoms with E-state index in [4.69, 9.17) is 12.2 Å². The maximum Gasteiger partial charge on any atom is 0.256 e. The minimum Gasteiger partial charge on any atom is -0.332 e. The Labute approximate surface area is 193 Å². The van der Waals surface area contributed by atoms with Gasteiger partial charge in [-0.15, -0.1) is 0 Å². The van der Waals surface area contributed by atoms with Crippen LogP contribution < -0.4 is 15.8 Å². The fraction of sp³-hybridized carbons (Fsp3) is 0.269. The topological polar surface area (TPSA) is 54.3 Å². The first-order valence-corrected chi connectivity index (χ1v) is 11.3. The number of amides is 1. The number of thiocarbonyl (C=S) groups is 1. The number of para-hydroxylation sites is 1. The van der Waals surface area contributed by atoms with Gasteiger partial charge in [0.25, 0.3) is 5.56 Å². The largest absolute Gasteiger partial charge is 0.332 e. The first-order valence-electron chi connectivity index (χ1n) is 10.9. The lowest BCUT2D eigenvalue weighted by Gasteiger charge is -2.33. The molecule has 0 atom stereocenters. The van der Waals surface area contributed by atoms with Gasteiger partial charge in [0, 0.05) is 23.4 Å². The van der Waals surface area contributed by atoms with Crippen LogP contribution >= 0.6 is 12.2 Å². The van der Waals surface area contributed by atoms with Crippen molar-refractivity contribution >= 4 is 40.3 Å². The molecule has 3 aromatic rings. The molecule has 0 aliphatic carbocycles. The third kappa shape index (κ3) is 4.10. The summed E-state index contributed by atoms with van der Waals surface area (Å²) in [5, 5.41) is 3.45. The van der Waals surface area contributed by atoms with E-state index in [0.717, 1.165) is 47.5 Å². The van der Waals surface area contributed by atoms with E-state index in [2.05, 4.69) is 11.4 Å². The summed E-state index contributed by atoms with van der Waals surface area (Å²) in [5.74, 6) is 0.0644. The Hall–Kier alpha value is -3.25. The number of benzene rings is 2. The van der Waals surface area contributed by atoms with Gasteiger partial charge in [-0.2, -0.15) is 0 Å². The summed E-state index contributed by atoms with van der Waals surface area (Å²) in [5.41, 5.74) is 4.07. The Kier molecular flexibility index (Phi) is 5.98. The Morgan fingerprint density at radius 3 is 2.41 bits per heavy atom. The fourth-order valence-electron chi connectivity index (χ4n) is 3.85. The van der Waals surface area contributed by atoms with Gasteiger partial charge in [-0.1, -0.05) is 51.1 Å². The number of hydrogen-bond acceptors (Lipinski definition) is 3. The number of pyridine rings is 1. The van der Waals surface area contributed by atoms with E-state index in [1.807, 2.05) is 62.1 Å². The number of rotatable bonds is 3. The van der Waals surface area contributed by atoms with Crippen molar-refractivity contribution in [1.82, 2.24) is 4.57 Å². The molecule has 0 spiro atoms. The van der Waals surface area contributed by atoms with Crippen LogP contribution in [0.1, 0.15) is 38.3 Å². The number of carbonyl (C=O) groups excluding carboxylic acids is 1. The van der Waals surface area contributed by atoms with Crippen LogP contribution in [0.15, 0.2) is 71.7 Å². The minimum atomic E-state index is -0.509. The number of fused-ring (bicyclic) bond motifs is 2. The highest BCUT2D eigenvalue weighted by Crippen LogP contribution is 2.40. The number of carbonyl (C=O) groups is 1. The van der Waals surface area contributed by atoms with Gasteiger partial charge >= 0.3 is 0 Å². The van der Waals surface area contributed by atoms with Crippen LogP contribution in [-0.4, -0.2) is 15.6 Å². The van der Waals surface area contributed by atoms with Gasteiger partial charge in [-0.3, -0.25) is 19.1 Å².